The van der Waals surface area contributed by atoms with Crippen LogP contribution in [-0.2, 0) is 34.1 Å². The molecule has 38 heavy (non-hydrogen) atoms. The van der Waals surface area contributed by atoms with E-state index in [-0.39, 0.29) is 43.7 Å². The van der Waals surface area contributed by atoms with Crippen LogP contribution in [0.15, 0.2) is 24.3 Å². The Bertz CT molecular complexity index is 1330. The Morgan fingerprint density at radius 3 is 2.53 bits per heavy atom. The zero-order valence-electron chi connectivity index (χ0n) is 21.5. The van der Waals surface area contributed by atoms with Gasteiger partial charge in [0, 0.05) is 36.8 Å². The standard InChI is InChI=1S/C26H34ClN5O5S/c1-25(7-8-25)38(35,36)26(9-10-26)17-31-12-6-20-21(23(33)29-16-18-2-4-19(27)5-3-18)30-32(22(20)24(31)34)13-15-37-14-11-28/h2-5H,6-17,28H2,1H3,(H,29,33). The second-order valence-corrected chi connectivity index (χ2v) is 14.0. The zero-order valence-corrected chi connectivity index (χ0v) is 23.1. The molecule has 1 aromatic heterocycles. The van der Waals surface area contributed by atoms with Gasteiger partial charge >= 0.3 is 0 Å². The lowest BCUT2D eigenvalue weighted by Crippen LogP contribution is -2.48. The SMILES string of the molecule is CC1(S(=O)(=O)C2(CN3CCc4c(C(=O)NCc5ccc(Cl)cc5)nn(CCOCCN)c4C3=O)CC2)CC1. The first-order valence-corrected chi connectivity index (χ1v) is 14.9. The van der Waals surface area contributed by atoms with Crippen LogP contribution in [0.4, 0.5) is 0 Å². The summed E-state index contributed by atoms with van der Waals surface area (Å²) in [7, 11) is -3.35. The van der Waals surface area contributed by atoms with Crippen LogP contribution in [0.3, 0.4) is 0 Å². The average molecular weight is 564 g/mol. The van der Waals surface area contributed by atoms with Crippen LogP contribution in [0.2, 0.25) is 5.02 Å². The number of hydrogen-bond acceptors (Lipinski definition) is 7. The van der Waals surface area contributed by atoms with E-state index in [1.165, 1.54) is 4.68 Å². The number of nitrogens with one attached hydrogen (secondary N) is 1. The number of rotatable bonds is 12. The highest BCUT2D eigenvalue weighted by Gasteiger charge is 2.65. The lowest BCUT2D eigenvalue weighted by molar-refractivity contribution is 0.0716. The Kier molecular flexibility index (Phi) is 7.32. The van der Waals surface area contributed by atoms with Gasteiger partial charge in [-0.15, -0.1) is 0 Å². The van der Waals surface area contributed by atoms with Gasteiger partial charge in [0.1, 0.15) is 5.69 Å². The molecule has 2 aromatic rings. The van der Waals surface area contributed by atoms with Gasteiger partial charge in [-0.25, -0.2) is 8.42 Å². The largest absolute Gasteiger partial charge is 0.378 e. The highest BCUT2D eigenvalue weighted by atomic mass is 35.5. The van der Waals surface area contributed by atoms with Gasteiger partial charge in [-0.2, -0.15) is 5.10 Å². The number of nitrogens with two attached hydrogens (primary N) is 1. The Labute approximate surface area is 227 Å². The normalized spacial score (nSPS) is 19.2. The molecule has 3 N–H and O–H groups in total. The van der Waals surface area contributed by atoms with Gasteiger partial charge < -0.3 is 20.7 Å². The molecule has 0 atom stereocenters. The van der Waals surface area contributed by atoms with E-state index in [2.05, 4.69) is 10.4 Å². The number of aromatic nitrogens is 2. The van der Waals surface area contributed by atoms with Gasteiger partial charge in [-0.3, -0.25) is 14.3 Å². The second kappa shape index (κ2) is 10.3. The minimum atomic E-state index is -3.35. The van der Waals surface area contributed by atoms with Crippen LogP contribution >= 0.6 is 11.6 Å². The van der Waals surface area contributed by atoms with Crippen LogP contribution in [-0.4, -0.2) is 77.3 Å². The number of hydrogen-bond donors (Lipinski definition) is 2. The van der Waals surface area contributed by atoms with Crippen molar-refractivity contribution in [1.82, 2.24) is 20.0 Å². The minimum Gasteiger partial charge on any atom is -0.378 e. The summed E-state index contributed by atoms with van der Waals surface area (Å²) in [6.07, 6.45) is 2.93. The molecule has 3 aliphatic rings. The quantitative estimate of drug-likeness (QED) is 0.376. The Balaban J connectivity index is 1.36. The van der Waals surface area contributed by atoms with Gasteiger partial charge in [0.15, 0.2) is 15.5 Å². The van der Waals surface area contributed by atoms with Crippen molar-refractivity contribution in [2.24, 2.45) is 5.73 Å². The minimum absolute atomic E-state index is 0.177. The predicted octanol–water partition coefficient (Wildman–Crippen LogP) is 1.94. The lowest BCUT2D eigenvalue weighted by Gasteiger charge is -2.32. The third-order valence-corrected chi connectivity index (χ3v) is 11.6. The van der Waals surface area contributed by atoms with Gasteiger partial charge in [0.2, 0.25) is 0 Å². The number of benzene rings is 1. The fraction of sp³-hybridized carbons (Fsp3) is 0.577. The van der Waals surface area contributed by atoms with Crippen molar-refractivity contribution in [2.45, 2.75) is 61.6 Å². The first-order valence-electron chi connectivity index (χ1n) is 13.0. The molecule has 0 unspecified atom stereocenters. The van der Waals surface area contributed by atoms with E-state index >= 15 is 0 Å². The number of ether oxygens (including phenoxy) is 1. The fourth-order valence-electron chi connectivity index (χ4n) is 5.14. The van der Waals surface area contributed by atoms with E-state index in [1.807, 2.05) is 19.1 Å². The summed E-state index contributed by atoms with van der Waals surface area (Å²) >= 11 is 5.95. The number of halogens is 1. The van der Waals surface area contributed by atoms with E-state index in [0.29, 0.717) is 68.1 Å². The monoisotopic (exact) mass is 563 g/mol. The molecule has 0 bridgehead atoms. The zero-order chi connectivity index (χ0) is 27.1. The summed E-state index contributed by atoms with van der Waals surface area (Å²) in [5.41, 5.74) is 7.51. The molecule has 12 heteroatoms. The number of carbonyl (C=O) groups excluding carboxylic acids is 2. The van der Waals surface area contributed by atoms with Crippen molar-refractivity contribution < 1.29 is 22.7 Å². The predicted molar refractivity (Wildman–Crippen MR) is 143 cm³/mol. The van der Waals surface area contributed by atoms with Crippen LogP contribution in [0, 0.1) is 0 Å². The number of nitrogens with zero attached hydrogens (tertiary/aromatic N) is 3. The number of carbonyl (C=O) groups is 2. The Morgan fingerprint density at radius 1 is 1.18 bits per heavy atom. The summed E-state index contributed by atoms with van der Waals surface area (Å²) in [5.74, 6) is -0.668. The first kappa shape index (κ1) is 27.1. The van der Waals surface area contributed by atoms with Crippen LogP contribution in [0.1, 0.15) is 64.7 Å². The van der Waals surface area contributed by atoms with Crippen molar-refractivity contribution in [1.29, 1.82) is 0 Å². The summed E-state index contributed by atoms with van der Waals surface area (Å²) < 4.78 is 32.2. The fourth-order valence-corrected chi connectivity index (χ4v) is 7.92. The van der Waals surface area contributed by atoms with Gasteiger partial charge in [0.25, 0.3) is 11.8 Å². The van der Waals surface area contributed by atoms with E-state index in [0.717, 1.165) is 5.56 Å². The molecule has 2 saturated carbocycles. The molecular formula is C26H34ClN5O5S. The molecule has 5 rings (SSSR count). The number of amides is 2. The summed E-state index contributed by atoms with van der Waals surface area (Å²) in [5, 5.41) is 8.01. The van der Waals surface area contributed by atoms with E-state index in [1.54, 1.807) is 17.0 Å². The van der Waals surface area contributed by atoms with Crippen molar-refractivity contribution in [3.8, 4) is 0 Å². The van der Waals surface area contributed by atoms with Gasteiger partial charge in [0.05, 0.1) is 29.3 Å². The second-order valence-electron chi connectivity index (χ2n) is 10.7. The van der Waals surface area contributed by atoms with Crippen LogP contribution in [0.25, 0.3) is 0 Å². The van der Waals surface area contributed by atoms with E-state index in [9.17, 15) is 18.0 Å². The molecule has 2 fully saturated rings. The third kappa shape index (κ3) is 4.97. The maximum atomic E-state index is 13.7. The Morgan fingerprint density at radius 2 is 1.89 bits per heavy atom. The summed E-state index contributed by atoms with van der Waals surface area (Å²) in [6, 6.07) is 7.17. The molecular weight excluding hydrogens is 530 g/mol. The Hall–Kier alpha value is -2.47. The van der Waals surface area contributed by atoms with Crippen molar-refractivity contribution in [3.05, 3.63) is 51.8 Å². The van der Waals surface area contributed by atoms with E-state index < -0.39 is 19.3 Å². The molecule has 2 amide bonds. The molecule has 206 valence electrons. The topological polar surface area (TPSA) is 137 Å². The average Bonchev–Trinajstić information content (AvgIpc) is 3.81. The highest BCUT2D eigenvalue weighted by molar-refractivity contribution is 7.94. The summed E-state index contributed by atoms with van der Waals surface area (Å²) in [6.45, 7) is 3.91. The highest BCUT2D eigenvalue weighted by Crippen LogP contribution is 2.56. The third-order valence-electron chi connectivity index (χ3n) is 7.92. The molecule has 1 aromatic carbocycles. The van der Waals surface area contributed by atoms with E-state index in [4.69, 9.17) is 22.1 Å². The molecule has 1 aliphatic heterocycles. The van der Waals surface area contributed by atoms with Crippen LogP contribution < -0.4 is 11.1 Å². The lowest BCUT2D eigenvalue weighted by atomic mass is 10.0. The van der Waals surface area contributed by atoms with Crippen molar-refractivity contribution in [2.75, 3.05) is 32.8 Å². The maximum absolute atomic E-state index is 13.7. The molecule has 10 nitrogen and oxygen atoms in total. The smallest absolute Gasteiger partial charge is 0.272 e. The molecule has 2 heterocycles. The molecule has 2 aliphatic carbocycles. The van der Waals surface area contributed by atoms with Gasteiger partial charge in [-0.1, -0.05) is 23.7 Å². The molecule has 0 radical (unpaired) electrons. The van der Waals surface area contributed by atoms with Crippen molar-refractivity contribution >= 4 is 33.3 Å². The first-order chi connectivity index (χ1) is 18.1. The number of fused-ring (bicyclic) bond motifs is 1. The van der Waals surface area contributed by atoms with Gasteiger partial charge in [-0.05, 0) is 56.7 Å². The summed E-state index contributed by atoms with van der Waals surface area (Å²) in [4.78, 5) is 28.5. The maximum Gasteiger partial charge on any atom is 0.272 e. The number of sulfone groups is 1. The van der Waals surface area contributed by atoms with Crippen LogP contribution in [0.5, 0.6) is 0 Å². The van der Waals surface area contributed by atoms with Crippen molar-refractivity contribution in [3.63, 3.8) is 0 Å². The molecule has 0 spiro atoms. The molecule has 0 saturated heterocycles.